The van der Waals surface area contributed by atoms with Crippen LogP contribution >= 0.6 is 23.1 Å². The van der Waals surface area contributed by atoms with E-state index in [2.05, 4.69) is 13.8 Å². The molecular formula is C25H28N4O2S2. The van der Waals surface area contributed by atoms with Crippen molar-refractivity contribution in [1.82, 2.24) is 18.9 Å². The lowest BCUT2D eigenvalue weighted by atomic mass is 9.97. The number of thiophene rings is 1. The van der Waals surface area contributed by atoms with Gasteiger partial charge in [0.15, 0.2) is 5.16 Å². The molecule has 0 bridgehead atoms. The highest BCUT2D eigenvalue weighted by Crippen LogP contribution is 2.35. The Bertz CT molecular complexity index is 1470. The lowest BCUT2D eigenvalue weighted by Gasteiger charge is -2.14. The molecule has 0 unspecified atom stereocenters. The second-order valence-corrected chi connectivity index (χ2v) is 11.2. The highest BCUT2D eigenvalue weighted by atomic mass is 32.2. The molecule has 0 aliphatic heterocycles. The van der Waals surface area contributed by atoms with Gasteiger partial charge in [0.05, 0.1) is 11.1 Å². The Balaban J connectivity index is 1.55. The minimum absolute atomic E-state index is 0.0879. The lowest BCUT2D eigenvalue weighted by Crippen LogP contribution is -2.24. The van der Waals surface area contributed by atoms with E-state index < -0.39 is 0 Å². The SMILES string of the molecule is Cc1cccn2c(=O)cc(CSc3nc4sc5c(c4c(=O)n3CCC(C)C)CCCC5)nc12. The summed E-state index contributed by atoms with van der Waals surface area (Å²) in [7, 11) is 0. The molecule has 0 spiro atoms. The zero-order valence-corrected chi connectivity index (χ0v) is 20.9. The van der Waals surface area contributed by atoms with Gasteiger partial charge in [-0.25, -0.2) is 9.97 Å². The molecule has 33 heavy (non-hydrogen) atoms. The van der Waals surface area contributed by atoms with Gasteiger partial charge < -0.3 is 0 Å². The van der Waals surface area contributed by atoms with E-state index in [0.717, 1.165) is 46.6 Å². The van der Waals surface area contributed by atoms with Crippen molar-refractivity contribution in [3.63, 3.8) is 0 Å². The molecule has 6 nitrogen and oxygen atoms in total. The van der Waals surface area contributed by atoms with Gasteiger partial charge in [-0.15, -0.1) is 11.3 Å². The Morgan fingerprint density at radius 3 is 2.82 bits per heavy atom. The van der Waals surface area contributed by atoms with Crippen molar-refractivity contribution in [2.24, 2.45) is 5.92 Å². The number of aromatic nitrogens is 4. The Morgan fingerprint density at radius 2 is 2.00 bits per heavy atom. The maximum absolute atomic E-state index is 13.6. The number of aryl methyl sites for hydroxylation is 3. The van der Waals surface area contributed by atoms with E-state index in [4.69, 9.17) is 9.97 Å². The third-order valence-corrected chi connectivity index (χ3v) is 8.45. The third-order valence-electron chi connectivity index (χ3n) is 6.26. The average molecular weight is 481 g/mol. The molecule has 1 aliphatic rings. The summed E-state index contributed by atoms with van der Waals surface area (Å²) in [4.78, 5) is 38.1. The second kappa shape index (κ2) is 9.06. The summed E-state index contributed by atoms with van der Waals surface area (Å²) in [6.45, 7) is 6.95. The number of fused-ring (bicyclic) bond motifs is 4. The third kappa shape index (κ3) is 4.26. The van der Waals surface area contributed by atoms with Gasteiger partial charge in [0.25, 0.3) is 11.1 Å². The van der Waals surface area contributed by atoms with Crippen molar-refractivity contribution in [3.05, 3.63) is 66.8 Å². The first kappa shape index (κ1) is 22.3. The van der Waals surface area contributed by atoms with Crippen molar-refractivity contribution in [3.8, 4) is 0 Å². The molecule has 0 saturated heterocycles. The summed E-state index contributed by atoms with van der Waals surface area (Å²) in [5.41, 5.74) is 3.56. The minimum atomic E-state index is -0.0918. The monoisotopic (exact) mass is 480 g/mol. The molecule has 0 N–H and O–H groups in total. The first-order chi connectivity index (χ1) is 15.9. The normalized spacial score (nSPS) is 13.8. The van der Waals surface area contributed by atoms with E-state index in [9.17, 15) is 9.59 Å². The molecule has 0 fully saturated rings. The zero-order valence-electron chi connectivity index (χ0n) is 19.3. The van der Waals surface area contributed by atoms with E-state index >= 15 is 0 Å². The summed E-state index contributed by atoms with van der Waals surface area (Å²) in [6, 6.07) is 5.39. The van der Waals surface area contributed by atoms with Crippen molar-refractivity contribution >= 4 is 39.0 Å². The van der Waals surface area contributed by atoms with Crippen molar-refractivity contribution in [2.45, 2.75) is 70.3 Å². The number of pyridine rings is 1. The van der Waals surface area contributed by atoms with E-state index in [1.165, 1.54) is 28.6 Å². The van der Waals surface area contributed by atoms with Crippen molar-refractivity contribution in [1.29, 1.82) is 0 Å². The maximum Gasteiger partial charge on any atom is 0.263 e. The quantitative estimate of drug-likeness (QED) is 0.287. The molecule has 0 amide bonds. The summed E-state index contributed by atoms with van der Waals surface area (Å²) >= 11 is 3.18. The van der Waals surface area contributed by atoms with Crippen LogP contribution in [0.5, 0.6) is 0 Å². The van der Waals surface area contributed by atoms with Crippen LogP contribution in [0.1, 0.15) is 54.8 Å². The van der Waals surface area contributed by atoms with Gasteiger partial charge in [0.1, 0.15) is 10.5 Å². The van der Waals surface area contributed by atoms with Gasteiger partial charge in [-0.05, 0) is 62.1 Å². The fraction of sp³-hybridized carbons (Fsp3) is 0.440. The Morgan fingerprint density at radius 1 is 1.18 bits per heavy atom. The smallest absolute Gasteiger partial charge is 0.263 e. The van der Waals surface area contributed by atoms with Crippen LogP contribution in [0.15, 0.2) is 39.1 Å². The van der Waals surface area contributed by atoms with E-state index in [1.807, 2.05) is 23.6 Å². The van der Waals surface area contributed by atoms with Gasteiger partial charge in [-0.3, -0.25) is 18.6 Å². The predicted molar refractivity (Wildman–Crippen MR) is 136 cm³/mol. The zero-order chi connectivity index (χ0) is 23.1. The van der Waals surface area contributed by atoms with Crippen LogP contribution in [-0.2, 0) is 25.1 Å². The minimum Gasteiger partial charge on any atom is -0.287 e. The summed E-state index contributed by atoms with van der Waals surface area (Å²) in [5.74, 6) is 0.983. The van der Waals surface area contributed by atoms with Crippen LogP contribution in [0.4, 0.5) is 0 Å². The molecule has 0 radical (unpaired) electrons. The van der Waals surface area contributed by atoms with Gasteiger partial charge in [0.2, 0.25) is 0 Å². The largest absolute Gasteiger partial charge is 0.287 e. The Hall–Kier alpha value is -2.45. The molecule has 4 aromatic rings. The van der Waals surface area contributed by atoms with Crippen molar-refractivity contribution in [2.75, 3.05) is 0 Å². The Kier molecular flexibility index (Phi) is 6.14. The maximum atomic E-state index is 13.6. The predicted octanol–water partition coefficient (Wildman–Crippen LogP) is 4.99. The van der Waals surface area contributed by atoms with E-state index in [1.54, 1.807) is 28.0 Å². The standard InChI is InChI=1S/C25H28N4O2S2/c1-15(2)10-12-29-24(31)21-18-8-4-5-9-19(18)33-23(21)27-25(29)32-14-17-13-20(30)28-11-6-7-16(3)22(28)26-17/h6-7,11,13,15H,4-5,8-10,12,14H2,1-3H3. The molecule has 5 rings (SSSR count). The second-order valence-electron chi connectivity index (χ2n) is 9.18. The first-order valence-electron chi connectivity index (χ1n) is 11.6. The van der Waals surface area contributed by atoms with Crippen molar-refractivity contribution < 1.29 is 0 Å². The van der Waals surface area contributed by atoms with E-state index in [-0.39, 0.29) is 11.1 Å². The van der Waals surface area contributed by atoms with Gasteiger partial charge in [-0.2, -0.15) is 0 Å². The van der Waals surface area contributed by atoms with Crippen LogP contribution in [0.2, 0.25) is 0 Å². The summed E-state index contributed by atoms with van der Waals surface area (Å²) < 4.78 is 3.43. The highest BCUT2D eigenvalue weighted by molar-refractivity contribution is 7.98. The fourth-order valence-corrected chi connectivity index (χ4v) is 6.66. The average Bonchev–Trinajstić information content (AvgIpc) is 3.16. The highest BCUT2D eigenvalue weighted by Gasteiger charge is 2.22. The molecular weight excluding hydrogens is 452 g/mol. The summed E-state index contributed by atoms with van der Waals surface area (Å²) in [5, 5.41) is 1.55. The van der Waals surface area contributed by atoms with Gasteiger partial charge in [0, 0.05) is 29.4 Å². The molecule has 4 heterocycles. The van der Waals surface area contributed by atoms with Gasteiger partial charge >= 0.3 is 0 Å². The van der Waals surface area contributed by atoms with E-state index in [0.29, 0.717) is 29.6 Å². The van der Waals surface area contributed by atoms with Crippen LogP contribution in [0, 0.1) is 12.8 Å². The van der Waals surface area contributed by atoms with Crippen LogP contribution in [0.3, 0.4) is 0 Å². The molecule has 0 saturated carbocycles. The fourth-order valence-electron chi connectivity index (χ4n) is 4.44. The van der Waals surface area contributed by atoms with Crippen LogP contribution in [0.25, 0.3) is 15.9 Å². The topological polar surface area (TPSA) is 69.3 Å². The molecule has 4 aromatic heterocycles. The number of nitrogens with zero attached hydrogens (tertiary/aromatic N) is 4. The number of hydrogen-bond acceptors (Lipinski definition) is 6. The lowest BCUT2D eigenvalue weighted by molar-refractivity contribution is 0.481. The Labute approximate surface area is 200 Å². The molecule has 172 valence electrons. The first-order valence-corrected chi connectivity index (χ1v) is 13.4. The van der Waals surface area contributed by atoms with Gasteiger partial charge in [-0.1, -0.05) is 31.7 Å². The van der Waals surface area contributed by atoms with Crippen LogP contribution < -0.4 is 11.1 Å². The summed E-state index contributed by atoms with van der Waals surface area (Å²) in [6.07, 6.45) is 7.02. The molecule has 0 atom stereocenters. The number of hydrogen-bond donors (Lipinski definition) is 0. The van der Waals surface area contributed by atoms with Crippen LogP contribution in [-0.4, -0.2) is 18.9 Å². The number of rotatable bonds is 6. The molecule has 0 aromatic carbocycles. The number of thioether (sulfide) groups is 1. The molecule has 1 aliphatic carbocycles. The molecule has 8 heteroatoms.